The average molecular weight is 520 g/mol. The van der Waals surface area contributed by atoms with Crippen LogP contribution in [0, 0.1) is 17.8 Å². The largest absolute Gasteiger partial charge is 0.466 e. The van der Waals surface area contributed by atoms with Crippen molar-refractivity contribution < 1.29 is 19.2 Å². The van der Waals surface area contributed by atoms with Gasteiger partial charge in [0.05, 0.1) is 19.2 Å². The Morgan fingerprint density at radius 1 is 1.39 bits per heavy atom. The van der Waals surface area contributed by atoms with E-state index in [0.29, 0.717) is 25.9 Å². The van der Waals surface area contributed by atoms with Gasteiger partial charge in [0, 0.05) is 19.4 Å². The van der Waals surface area contributed by atoms with Crippen LogP contribution < -0.4 is 0 Å². The van der Waals surface area contributed by atoms with Crippen molar-refractivity contribution in [3.63, 3.8) is 0 Å². The van der Waals surface area contributed by atoms with Gasteiger partial charge in [-0.25, -0.2) is 0 Å². The minimum atomic E-state index is -0.123. The highest BCUT2D eigenvalue weighted by Gasteiger charge is 2.18. The number of carbonyl (C=O) groups excluding carboxylic acids is 1. The second kappa shape index (κ2) is 16.2. The molecule has 1 N–H and O–H groups in total. The third-order valence-electron chi connectivity index (χ3n) is 4.16. The van der Waals surface area contributed by atoms with Crippen LogP contribution in [0.5, 0.6) is 0 Å². The topological polar surface area (TPSA) is 55.8 Å². The molecule has 0 saturated carbocycles. The normalized spacial score (nSPS) is 12.2. The number of benzene rings is 1. The molecule has 0 spiro atoms. The monoisotopic (exact) mass is 520 g/mol. The molecule has 1 aromatic rings. The van der Waals surface area contributed by atoms with Gasteiger partial charge < -0.3 is 14.4 Å². The lowest BCUT2D eigenvalue weighted by atomic mass is 9.87. The molecule has 6 heteroatoms. The third kappa shape index (κ3) is 12.7. The highest BCUT2D eigenvalue weighted by molar-refractivity contribution is 14.2. The van der Waals surface area contributed by atoms with E-state index in [1.807, 2.05) is 6.07 Å². The van der Waals surface area contributed by atoms with Gasteiger partial charge in [0.25, 0.3) is 0 Å². The van der Waals surface area contributed by atoms with Crippen LogP contribution in [0.2, 0.25) is 0 Å². The lowest BCUT2D eigenvalue weighted by Gasteiger charge is -2.23. The molecule has 1 rings (SSSR count). The number of hydrogen-bond donors (Lipinski definition) is 1. The molecule has 4 nitrogen and oxygen atoms in total. The number of aliphatic hydroxyl groups excluding tert-OH is 1. The van der Waals surface area contributed by atoms with Gasteiger partial charge >= 0.3 is 5.97 Å². The molecule has 1 aromatic carbocycles. The maximum absolute atomic E-state index is 10.2. The van der Waals surface area contributed by atoms with Crippen LogP contribution in [0.1, 0.15) is 70.6 Å². The van der Waals surface area contributed by atoms with Gasteiger partial charge in [-0.05, 0) is 64.8 Å². The Morgan fingerprint density at radius 2 is 2.11 bits per heavy atom. The summed E-state index contributed by atoms with van der Waals surface area (Å²) in [6.07, 6.45) is 9.65. The molecule has 0 aliphatic heterocycles. The zero-order valence-electron chi connectivity index (χ0n) is 17.5. The summed E-state index contributed by atoms with van der Waals surface area (Å²) in [5.74, 6) is 2.56. The maximum Gasteiger partial charge on any atom is 0.305 e. The molecule has 28 heavy (non-hydrogen) atoms. The number of carbonyl (C=O) groups is 1. The first kappa shape index (κ1) is 27.3. The van der Waals surface area contributed by atoms with Crippen molar-refractivity contribution >= 4 is 34.5 Å². The Balaban J connectivity index is 0.000000887. The zero-order valence-corrected chi connectivity index (χ0v) is 20.6. The molecule has 0 fully saturated rings. The van der Waals surface area contributed by atoms with Crippen LogP contribution >= 0.6 is 28.5 Å². The summed E-state index contributed by atoms with van der Waals surface area (Å²) in [5.41, 5.74) is 2.35. The van der Waals surface area contributed by atoms with E-state index in [1.165, 1.54) is 5.56 Å². The summed E-state index contributed by atoms with van der Waals surface area (Å²) in [6, 6.07) is 8.37. The Morgan fingerprint density at radius 3 is 2.61 bits per heavy atom. The number of terminal acetylenes is 1. The van der Waals surface area contributed by atoms with Crippen molar-refractivity contribution in [2.45, 2.75) is 65.9 Å². The van der Waals surface area contributed by atoms with E-state index in [0.717, 1.165) is 24.8 Å². The minimum absolute atomic E-state index is 0.0114. The van der Waals surface area contributed by atoms with Gasteiger partial charge in [-0.3, -0.25) is 4.79 Å². The first-order valence-corrected chi connectivity index (χ1v) is 13.7. The smallest absolute Gasteiger partial charge is 0.305 e. The van der Waals surface area contributed by atoms with Gasteiger partial charge in [-0.15, -0.1) is 12.3 Å². The first-order valence-electron chi connectivity index (χ1n) is 9.63. The molecular formula is C22H34IO4P. The Kier molecular flexibility index (Phi) is 15.8. The lowest BCUT2D eigenvalue weighted by molar-refractivity contribution is -0.142. The van der Waals surface area contributed by atoms with Gasteiger partial charge in [0.1, 0.15) is 0 Å². The number of hydrogen-bond acceptors (Lipinski definition) is 4. The van der Waals surface area contributed by atoms with Crippen molar-refractivity contribution in [3.8, 4) is 12.3 Å². The number of aliphatic hydroxyl groups is 1. The average Bonchev–Trinajstić information content (AvgIpc) is 2.68. The number of esters is 1. The highest BCUT2D eigenvalue weighted by Crippen LogP contribution is 2.36. The zero-order chi connectivity index (χ0) is 21.4. The van der Waals surface area contributed by atoms with Crippen LogP contribution in [-0.4, -0.2) is 24.3 Å². The molecule has 0 radical (unpaired) electrons. The fraction of sp³-hybridized carbons (Fsp3) is 0.591. The molecular weight excluding hydrogens is 486 g/mol. The van der Waals surface area contributed by atoms with Crippen molar-refractivity contribution in [1.82, 2.24) is 0 Å². The minimum Gasteiger partial charge on any atom is -0.466 e. The maximum atomic E-state index is 10.2. The standard InChI is InChI=1S/C17H24IO2P.C5H10O2/c1-4-7-14-8-5-9-15(12-14)16(20-21-18)10-6-11-17(2,3)13-19;1-3-5(6)7-4-2/h1,5,8-9,12,16,19,21H,6-7,10-11,13H2,2-3H3;3-4H2,1-2H3. The fourth-order valence-electron chi connectivity index (χ4n) is 2.48. The van der Waals surface area contributed by atoms with Crippen LogP contribution in [0.15, 0.2) is 24.3 Å². The highest BCUT2D eigenvalue weighted by atomic mass is 127. The van der Waals surface area contributed by atoms with Crippen molar-refractivity contribution in [2.24, 2.45) is 5.41 Å². The molecule has 0 aliphatic rings. The van der Waals surface area contributed by atoms with Crippen molar-refractivity contribution in [2.75, 3.05) is 13.2 Å². The van der Waals surface area contributed by atoms with E-state index >= 15 is 0 Å². The second-order valence-corrected chi connectivity index (χ2v) is 8.89. The van der Waals surface area contributed by atoms with E-state index in [-0.39, 0.29) is 24.1 Å². The van der Waals surface area contributed by atoms with Crippen LogP contribution in [0.25, 0.3) is 0 Å². The van der Waals surface area contributed by atoms with E-state index in [4.69, 9.17) is 10.9 Å². The van der Waals surface area contributed by atoms with Crippen molar-refractivity contribution in [3.05, 3.63) is 35.4 Å². The van der Waals surface area contributed by atoms with Gasteiger partial charge in [0.15, 0.2) is 0 Å². The molecule has 0 aliphatic carbocycles. The number of ether oxygens (including phenoxy) is 1. The molecule has 0 amide bonds. The number of halogens is 1. The first-order chi connectivity index (χ1) is 13.3. The molecule has 0 aromatic heterocycles. The predicted octanol–water partition coefficient (Wildman–Crippen LogP) is 6.01. The number of rotatable bonds is 11. The summed E-state index contributed by atoms with van der Waals surface area (Å²) >= 11 is 2.26. The summed E-state index contributed by atoms with van der Waals surface area (Å²) in [6.45, 7) is 8.92. The molecule has 2 atom stereocenters. The van der Waals surface area contributed by atoms with Crippen molar-refractivity contribution in [1.29, 1.82) is 0 Å². The Hall–Kier alpha value is -0.670. The Labute approximate surface area is 185 Å². The van der Waals surface area contributed by atoms with E-state index < -0.39 is 0 Å². The van der Waals surface area contributed by atoms with Gasteiger partial charge in [0.2, 0.25) is 0 Å². The predicted molar refractivity (Wildman–Crippen MR) is 127 cm³/mol. The van der Waals surface area contributed by atoms with Gasteiger partial charge in [-0.1, -0.05) is 45.0 Å². The van der Waals surface area contributed by atoms with Crippen LogP contribution in [-0.2, 0) is 20.5 Å². The third-order valence-corrected chi connectivity index (χ3v) is 5.29. The fourth-order valence-corrected chi connectivity index (χ4v) is 3.76. The van der Waals surface area contributed by atoms with Crippen LogP contribution in [0.4, 0.5) is 0 Å². The Bertz CT molecular complexity index is 598. The molecule has 0 bridgehead atoms. The lowest BCUT2D eigenvalue weighted by Crippen LogP contribution is -2.16. The van der Waals surface area contributed by atoms with Gasteiger partial charge in [-0.2, -0.15) is 0 Å². The SMILES string of the molecule is C#CCc1cccc(C(CCCC(C)(C)CO)OPI)c1.CCOC(=O)CC. The molecule has 0 saturated heterocycles. The summed E-state index contributed by atoms with van der Waals surface area (Å²) in [4.78, 5) is 10.2. The quantitative estimate of drug-likeness (QED) is 0.168. The summed E-state index contributed by atoms with van der Waals surface area (Å²) in [7, 11) is 0. The van der Waals surface area contributed by atoms with E-state index in [1.54, 1.807) is 13.8 Å². The second-order valence-electron chi connectivity index (χ2n) is 7.18. The summed E-state index contributed by atoms with van der Waals surface area (Å²) < 4.78 is 10.5. The summed E-state index contributed by atoms with van der Waals surface area (Å²) in [5, 5.41) is 9.33. The molecule has 0 heterocycles. The molecule has 158 valence electrons. The van der Waals surface area contributed by atoms with E-state index in [9.17, 15) is 9.90 Å². The molecule has 2 unspecified atom stereocenters. The van der Waals surface area contributed by atoms with E-state index in [2.05, 4.69) is 64.7 Å². The van der Waals surface area contributed by atoms with Crippen LogP contribution in [0.3, 0.4) is 0 Å².